The molecule has 6 rings (SSSR count). The zero-order valence-corrected chi connectivity index (χ0v) is 19.0. The monoisotopic (exact) mass is 472 g/mol. The number of nitrogens with zero attached hydrogens (tertiary/aromatic N) is 4. The summed E-state index contributed by atoms with van der Waals surface area (Å²) in [5, 5.41) is 5.12. The molecule has 4 heterocycles. The highest BCUT2D eigenvalue weighted by atomic mass is 32.1. The van der Waals surface area contributed by atoms with Crippen molar-refractivity contribution in [3.8, 4) is 16.5 Å². The Bertz CT molecular complexity index is 1690. The van der Waals surface area contributed by atoms with Crippen molar-refractivity contribution in [2.75, 3.05) is 0 Å². The highest BCUT2D eigenvalue weighted by Crippen LogP contribution is 2.31. The smallest absolute Gasteiger partial charge is 0.291 e. The predicted octanol–water partition coefficient (Wildman–Crippen LogP) is 4.46. The number of para-hydroxylation sites is 2. The molecule has 0 atom stereocenters. The van der Waals surface area contributed by atoms with Gasteiger partial charge in [-0.3, -0.25) is 4.79 Å². The van der Waals surface area contributed by atoms with E-state index in [1.165, 1.54) is 15.9 Å². The van der Waals surface area contributed by atoms with Crippen LogP contribution in [0.5, 0.6) is 5.75 Å². The summed E-state index contributed by atoms with van der Waals surface area (Å²) in [5.41, 5.74) is 1.74. The molecule has 33 heavy (non-hydrogen) atoms. The molecule has 0 aliphatic rings. The number of benzene rings is 2. The maximum Gasteiger partial charge on any atom is 0.291 e. The van der Waals surface area contributed by atoms with Gasteiger partial charge in [-0.15, -0.1) is 16.4 Å². The van der Waals surface area contributed by atoms with Gasteiger partial charge in [-0.25, -0.2) is 4.98 Å². The summed E-state index contributed by atoms with van der Waals surface area (Å²) in [5.74, 6) is 2.48. The highest BCUT2D eigenvalue weighted by molar-refractivity contribution is 7.21. The van der Waals surface area contributed by atoms with E-state index in [4.69, 9.17) is 9.15 Å². The quantitative estimate of drug-likeness (QED) is 0.369. The topological polar surface area (TPSA) is 82.5 Å². The molecule has 7 nitrogen and oxygen atoms in total. The van der Waals surface area contributed by atoms with Gasteiger partial charge < -0.3 is 9.15 Å². The second kappa shape index (κ2) is 7.95. The molecule has 0 N–H and O–H groups in total. The molecule has 2 aromatic carbocycles. The van der Waals surface area contributed by atoms with E-state index in [0.29, 0.717) is 26.8 Å². The summed E-state index contributed by atoms with van der Waals surface area (Å²) in [4.78, 5) is 22.4. The molecule has 0 fully saturated rings. The number of fused-ring (bicyclic) bond motifs is 2. The summed E-state index contributed by atoms with van der Waals surface area (Å²) in [6.45, 7) is 2.17. The van der Waals surface area contributed by atoms with E-state index >= 15 is 0 Å². The number of aromatic nitrogens is 4. The molecule has 0 radical (unpaired) electrons. The summed E-state index contributed by atoms with van der Waals surface area (Å²) >= 11 is 2.84. The lowest BCUT2D eigenvalue weighted by molar-refractivity contribution is 0.294. The van der Waals surface area contributed by atoms with Gasteiger partial charge in [0, 0.05) is 6.08 Å². The minimum absolute atomic E-state index is 0.196. The number of hydrogen-bond donors (Lipinski definition) is 0. The van der Waals surface area contributed by atoms with Gasteiger partial charge in [-0.1, -0.05) is 41.7 Å². The van der Waals surface area contributed by atoms with Crippen LogP contribution in [0.25, 0.3) is 32.0 Å². The molecule has 0 saturated heterocycles. The third kappa shape index (κ3) is 3.71. The summed E-state index contributed by atoms with van der Waals surface area (Å²) in [6.07, 6.45) is 1.71. The molecule has 0 unspecified atom stereocenters. The van der Waals surface area contributed by atoms with Crippen molar-refractivity contribution in [3.05, 3.63) is 92.7 Å². The number of hydrogen-bond acceptors (Lipinski definition) is 8. The average molecular weight is 473 g/mol. The molecular formula is C24H16N4O3S2. The summed E-state index contributed by atoms with van der Waals surface area (Å²) in [6, 6.07) is 19.4. The molecule has 0 amide bonds. The molecule has 162 valence electrons. The van der Waals surface area contributed by atoms with Gasteiger partial charge in [0.25, 0.3) is 5.56 Å². The zero-order chi connectivity index (χ0) is 22.4. The van der Waals surface area contributed by atoms with E-state index in [1.54, 1.807) is 17.4 Å². The third-order valence-corrected chi connectivity index (χ3v) is 7.09. The number of rotatable bonds is 5. The number of aryl methyl sites for hydroxylation is 1. The van der Waals surface area contributed by atoms with E-state index in [-0.39, 0.29) is 12.2 Å². The van der Waals surface area contributed by atoms with Crippen molar-refractivity contribution in [1.29, 1.82) is 0 Å². The number of furan rings is 1. The van der Waals surface area contributed by atoms with Crippen LogP contribution in [0.4, 0.5) is 0 Å². The van der Waals surface area contributed by atoms with E-state index in [9.17, 15) is 4.79 Å². The lowest BCUT2D eigenvalue weighted by Crippen LogP contribution is -2.23. The van der Waals surface area contributed by atoms with E-state index < -0.39 is 0 Å². The van der Waals surface area contributed by atoms with Crippen LogP contribution >= 0.6 is 22.7 Å². The molecule has 9 heteroatoms. The Balaban J connectivity index is 1.26. The maximum absolute atomic E-state index is 12.8. The first-order valence-corrected chi connectivity index (χ1v) is 11.8. The van der Waals surface area contributed by atoms with Crippen LogP contribution in [-0.4, -0.2) is 19.6 Å². The Morgan fingerprint density at radius 3 is 2.73 bits per heavy atom. The second-order valence-electron chi connectivity index (χ2n) is 7.38. The molecule has 0 spiro atoms. The summed E-state index contributed by atoms with van der Waals surface area (Å²) in [7, 11) is 0. The predicted molar refractivity (Wildman–Crippen MR) is 129 cm³/mol. The third-order valence-electron chi connectivity index (χ3n) is 5.08. The maximum atomic E-state index is 12.8. The fraction of sp³-hybridized carbons (Fsp3) is 0.0833. The number of thiazole rings is 2. The van der Waals surface area contributed by atoms with Crippen molar-refractivity contribution >= 4 is 43.9 Å². The Morgan fingerprint density at radius 2 is 1.88 bits per heavy atom. The second-order valence-corrected chi connectivity index (χ2v) is 9.42. The average Bonchev–Trinajstić information content (AvgIpc) is 3.59. The molecule has 0 aliphatic heterocycles. The van der Waals surface area contributed by atoms with Crippen molar-refractivity contribution in [1.82, 2.24) is 19.6 Å². The lowest BCUT2D eigenvalue weighted by atomic mass is 10.2. The normalized spacial score (nSPS) is 12.2. The molecule has 4 aromatic heterocycles. The SMILES string of the molecule is Cc1ccccc1OCc1nc2s/c(=C\c3ccc(-c4nc5ccccc5s4)o3)c(=O)n2n1. The van der Waals surface area contributed by atoms with E-state index in [0.717, 1.165) is 26.5 Å². The summed E-state index contributed by atoms with van der Waals surface area (Å²) < 4.78 is 14.6. The zero-order valence-electron chi connectivity index (χ0n) is 17.4. The Hall–Kier alpha value is -3.82. The van der Waals surface area contributed by atoms with Gasteiger partial charge in [-0.05, 0) is 42.8 Å². The molecular weight excluding hydrogens is 456 g/mol. The van der Waals surface area contributed by atoms with Crippen LogP contribution in [0.1, 0.15) is 17.1 Å². The van der Waals surface area contributed by atoms with E-state index in [1.807, 2.05) is 67.6 Å². The van der Waals surface area contributed by atoms with E-state index in [2.05, 4.69) is 15.1 Å². The van der Waals surface area contributed by atoms with Crippen LogP contribution in [0, 0.1) is 6.92 Å². The standard InChI is InChI=1S/C24H16N4O3S2/c1-14-6-2-4-8-17(14)30-13-21-26-24-28(27-21)23(29)20(33-24)12-15-10-11-18(31-15)22-25-16-7-3-5-9-19(16)32-22/h2-12H,13H2,1H3/b20-12-. The first kappa shape index (κ1) is 19.8. The first-order chi connectivity index (χ1) is 16.1. The Labute approximate surface area is 195 Å². The van der Waals surface area contributed by atoms with Crippen molar-refractivity contribution in [2.45, 2.75) is 13.5 Å². The van der Waals surface area contributed by atoms with Crippen LogP contribution in [-0.2, 0) is 6.61 Å². The van der Waals surface area contributed by atoms with Gasteiger partial charge in [0.2, 0.25) is 4.96 Å². The minimum atomic E-state index is -0.234. The Kier molecular flexibility index (Phi) is 4.78. The fourth-order valence-electron chi connectivity index (χ4n) is 3.45. The van der Waals surface area contributed by atoms with Crippen LogP contribution in [0.3, 0.4) is 0 Å². The van der Waals surface area contributed by atoms with Gasteiger partial charge in [0.05, 0.1) is 10.2 Å². The van der Waals surface area contributed by atoms with Gasteiger partial charge in [0.1, 0.15) is 22.6 Å². The van der Waals surface area contributed by atoms with Gasteiger partial charge in [-0.2, -0.15) is 9.50 Å². The van der Waals surface area contributed by atoms with Crippen LogP contribution in [0.15, 0.2) is 69.9 Å². The fourth-order valence-corrected chi connectivity index (χ4v) is 5.28. The number of ether oxygens (including phenoxy) is 1. The van der Waals surface area contributed by atoms with Crippen molar-refractivity contribution < 1.29 is 9.15 Å². The van der Waals surface area contributed by atoms with Crippen LogP contribution in [0.2, 0.25) is 0 Å². The lowest BCUT2D eigenvalue weighted by Gasteiger charge is -2.05. The molecule has 0 saturated carbocycles. The molecule has 0 bridgehead atoms. The van der Waals surface area contributed by atoms with Crippen molar-refractivity contribution in [2.24, 2.45) is 0 Å². The minimum Gasteiger partial charge on any atom is -0.485 e. The Morgan fingerprint density at radius 1 is 1.03 bits per heavy atom. The van der Waals surface area contributed by atoms with Crippen molar-refractivity contribution in [3.63, 3.8) is 0 Å². The first-order valence-electron chi connectivity index (χ1n) is 10.2. The van der Waals surface area contributed by atoms with Gasteiger partial charge >= 0.3 is 0 Å². The van der Waals surface area contributed by atoms with Crippen LogP contribution < -0.4 is 14.8 Å². The molecule has 6 aromatic rings. The van der Waals surface area contributed by atoms with Gasteiger partial charge in [0.15, 0.2) is 16.6 Å². The molecule has 0 aliphatic carbocycles. The largest absolute Gasteiger partial charge is 0.485 e. The highest BCUT2D eigenvalue weighted by Gasteiger charge is 2.13.